The number of ether oxygens (including phenoxy) is 1. The number of nitrogens with zero attached hydrogens (tertiary/aromatic N) is 5. The van der Waals surface area contributed by atoms with E-state index in [1.54, 1.807) is 11.6 Å². The molecule has 0 aromatic carbocycles. The summed E-state index contributed by atoms with van der Waals surface area (Å²) in [5, 5.41) is 22.2. The number of rotatable bonds is 7. The summed E-state index contributed by atoms with van der Waals surface area (Å²) in [5.74, 6) is -0.436. The summed E-state index contributed by atoms with van der Waals surface area (Å²) in [6.45, 7) is 8.09. The highest BCUT2D eigenvalue weighted by Gasteiger charge is 2.26. The number of aromatic nitrogens is 4. The van der Waals surface area contributed by atoms with Crippen molar-refractivity contribution in [3.8, 4) is 5.88 Å². The maximum atomic E-state index is 12.5. The van der Waals surface area contributed by atoms with E-state index in [2.05, 4.69) is 15.5 Å². The highest BCUT2D eigenvalue weighted by Crippen LogP contribution is 2.26. The molecule has 0 saturated carbocycles. The standard InChI is InChI=1S/C15H22N6O4/c1-6-19-7-12(10(3)17-19)9(2)16-14(22)11(4)20-8-13(21(23)24)15(18-20)25-5/h7-9,11H,6H2,1-5H3,(H,16,22). The SMILES string of the molecule is CCn1cc(C(C)NC(=O)C(C)n2cc([N+](=O)[O-])c(OC)n2)c(C)n1. The molecular weight excluding hydrogens is 328 g/mol. The van der Waals surface area contributed by atoms with Crippen molar-refractivity contribution < 1.29 is 14.5 Å². The van der Waals surface area contributed by atoms with Crippen molar-refractivity contribution in [3.05, 3.63) is 33.8 Å². The molecule has 1 amide bonds. The third-order valence-electron chi connectivity index (χ3n) is 3.98. The van der Waals surface area contributed by atoms with E-state index >= 15 is 0 Å². The molecule has 0 saturated heterocycles. The lowest BCUT2D eigenvalue weighted by atomic mass is 10.1. The number of hydrogen-bond acceptors (Lipinski definition) is 6. The van der Waals surface area contributed by atoms with Crippen LogP contribution in [0.5, 0.6) is 5.88 Å². The van der Waals surface area contributed by atoms with Gasteiger partial charge in [0.25, 0.3) is 0 Å². The quantitative estimate of drug-likeness (QED) is 0.600. The van der Waals surface area contributed by atoms with Gasteiger partial charge in [0, 0.05) is 18.3 Å². The summed E-state index contributed by atoms with van der Waals surface area (Å²) < 4.78 is 7.91. The highest BCUT2D eigenvalue weighted by atomic mass is 16.6. The Balaban J connectivity index is 2.14. The first kappa shape index (κ1) is 18.4. The van der Waals surface area contributed by atoms with E-state index in [-0.39, 0.29) is 23.5 Å². The second-order valence-electron chi connectivity index (χ2n) is 5.69. The fourth-order valence-electron chi connectivity index (χ4n) is 2.49. The van der Waals surface area contributed by atoms with Gasteiger partial charge in [-0.25, -0.2) is 4.68 Å². The maximum Gasteiger partial charge on any atom is 0.350 e. The molecule has 0 fully saturated rings. The van der Waals surface area contributed by atoms with Crippen LogP contribution in [-0.4, -0.2) is 37.5 Å². The summed E-state index contributed by atoms with van der Waals surface area (Å²) in [6.07, 6.45) is 3.08. The van der Waals surface area contributed by atoms with E-state index in [0.717, 1.165) is 17.8 Å². The second-order valence-corrected chi connectivity index (χ2v) is 5.69. The Hall–Kier alpha value is -2.91. The monoisotopic (exact) mass is 350 g/mol. The zero-order valence-corrected chi connectivity index (χ0v) is 14.9. The van der Waals surface area contributed by atoms with Crippen LogP contribution >= 0.6 is 0 Å². The molecule has 2 aromatic heterocycles. The topological polar surface area (TPSA) is 117 Å². The van der Waals surface area contributed by atoms with Crippen LogP contribution in [0.2, 0.25) is 0 Å². The summed E-state index contributed by atoms with van der Waals surface area (Å²) in [4.78, 5) is 22.9. The Labute approximate surface area is 144 Å². The predicted molar refractivity (Wildman–Crippen MR) is 89.3 cm³/mol. The van der Waals surface area contributed by atoms with E-state index in [1.807, 2.05) is 27.0 Å². The first-order valence-electron chi connectivity index (χ1n) is 7.90. The number of nitro groups is 1. The molecule has 2 atom stereocenters. The number of amides is 1. The van der Waals surface area contributed by atoms with Crippen molar-refractivity contribution in [2.24, 2.45) is 0 Å². The van der Waals surface area contributed by atoms with E-state index in [1.165, 1.54) is 18.0 Å². The minimum Gasteiger partial charge on any atom is -0.475 e. The van der Waals surface area contributed by atoms with Gasteiger partial charge >= 0.3 is 11.6 Å². The normalized spacial score (nSPS) is 13.3. The van der Waals surface area contributed by atoms with Gasteiger partial charge in [0.2, 0.25) is 5.91 Å². The van der Waals surface area contributed by atoms with Gasteiger partial charge in [-0.15, -0.1) is 5.10 Å². The molecule has 10 nitrogen and oxygen atoms in total. The van der Waals surface area contributed by atoms with E-state index in [9.17, 15) is 14.9 Å². The molecule has 2 aromatic rings. The zero-order chi connectivity index (χ0) is 18.7. The Bertz CT molecular complexity index is 781. The van der Waals surface area contributed by atoms with Crippen LogP contribution in [0.15, 0.2) is 12.4 Å². The van der Waals surface area contributed by atoms with Crippen molar-refractivity contribution in [3.63, 3.8) is 0 Å². The number of carbonyl (C=O) groups is 1. The Kier molecular flexibility index (Phi) is 5.40. The third kappa shape index (κ3) is 3.78. The van der Waals surface area contributed by atoms with Crippen LogP contribution in [-0.2, 0) is 11.3 Å². The minimum atomic E-state index is -0.730. The molecule has 0 spiro atoms. The van der Waals surface area contributed by atoms with Gasteiger partial charge in [0.05, 0.1) is 23.8 Å². The van der Waals surface area contributed by atoms with E-state index < -0.39 is 11.0 Å². The molecule has 2 heterocycles. The van der Waals surface area contributed by atoms with Gasteiger partial charge in [-0.3, -0.25) is 19.6 Å². The molecule has 2 unspecified atom stereocenters. The van der Waals surface area contributed by atoms with Crippen LogP contribution in [0.4, 0.5) is 5.69 Å². The molecule has 136 valence electrons. The average Bonchev–Trinajstić information content (AvgIpc) is 3.17. The molecule has 0 aliphatic carbocycles. The zero-order valence-electron chi connectivity index (χ0n) is 14.9. The molecule has 0 aliphatic rings. The number of carbonyl (C=O) groups excluding carboxylic acids is 1. The largest absolute Gasteiger partial charge is 0.475 e. The number of methoxy groups -OCH3 is 1. The Morgan fingerprint density at radius 1 is 1.40 bits per heavy atom. The van der Waals surface area contributed by atoms with Gasteiger partial charge in [0.1, 0.15) is 12.2 Å². The van der Waals surface area contributed by atoms with Gasteiger partial charge < -0.3 is 10.1 Å². The first-order valence-corrected chi connectivity index (χ1v) is 7.90. The number of hydrogen-bond donors (Lipinski definition) is 1. The molecule has 0 aliphatic heterocycles. The molecular formula is C15H22N6O4. The summed E-state index contributed by atoms with van der Waals surface area (Å²) >= 11 is 0. The Morgan fingerprint density at radius 2 is 2.08 bits per heavy atom. The van der Waals surface area contributed by atoms with Crippen LogP contribution < -0.4 is 10.1 Å². The van der Waals surface area contributed by atoms with Crippen LogP contribution in [0, 0.1) is 17.0 Å². The van der Waals surface area contributed by atoms with E-state index in [0.29, 0.717) is 0 Å². The van der Waals surface area contributed by atoms with Crippen LogP contribution in [0.25, 0.3) is 0 Å². The molecule has 10 heteroatoms. The fourth-order valence-corrected chi connectivity index (χ4v) is 2.49. The summed E-state index contributed by atoms with van der Waals surface area (Å²) in [5.41, 5.74) is 1.49. The van der Waals surface area contributed by atoms with Crippen LogP contribution in [0.3, 0.4) is 0 Å². The van der Waals surface area contributed by atoms with Gasteiger partial charge in [-0.1, -0.05) is 0 Å². The highest BCUT2D eigenvalue weighted by molar-refractivity contribution is 5.80. The number of nitrogens with one attached hydrogen (secondary N) is 1. The van der Waals surface area contributed by atoms with Crippen molar-refractivity contribution in [1.82, 2.24) is 24.9 Å². The number of aryl methyl sites for hydroxylation is 2. The van der Waals surface area contributed by atoms with Crippen molar-refractivity contribution in [2.75, 3.05) is 7.11 Å². The lowest BCUT2D eigenvalue weighted by molar-refractivity contribution is -0.385. The minimum absolute atomic E-state index is 0.127. The van der Waals surface area contributed by atoms with Crippen LogP contribution in [0.1, 0.15) is 44.1 Å². The van der Waals surface area contributed by atoms with E-state index in [4.69, 9.17) is 4.74 Å². The molecule has 0 bridgehead atoms. The molecule has 2 rings (SSSR count). The van der Waals surface area contributed by atoms with Crippen molar-refractivity contribution in [2.45, 2.75) is 46.3 Å². The first-order chi connectivity index (χ1) is 11.8. The molecule has 1 N–H and O–H groups in total. The molecule has 25 heavy (non-hydrogen) atoms. The van der Waals surface area contributed by atoms with Gasteiger partial charge in [-0.05, 0) is 27.7 Å². The lowest BCUT2D eigenvalue weighted by Gasteiger charge is -2.17. The van der Waals surface area contributed by atoms with Crippen molar-refractivity contribution in [1.29, 1.82) is 0 Å². The predicted octanol–water partition coefficient (Wildman–Crippen LogP) is 1.76. The Morgan fingerprint density at radius 3 is 2.56 bits per heavy atom. The smallest absolute Gasteiger partial charge is 0.350 e. The second kappa shape index (κ2) is 7.32. The fraction of sp³-hybridized carbons (Fsp3) is 0.533. The summed E-state index contributed by atoms with van der Waals surface area (Å²) in [6, 6.07) is -0.978. The third-order valence-corrected chi connectivity index (χ3v) is 3.98. The van der Waals surface area contributed by atoms with Crippen molar-refractivity contribution >= 4 is 11.6 Å². The lowest BCUT2D eigenvalue weighted by Crippen LogP contribution is -2.33. The van der Waals surface area contributed by atoms with Gasteiger partial charge in [0.15, 0.2) is 0 Å². The molecule has 0 radical (unpaired) electrons. The van der Waals surface area contributed by atoms with Gasteiger partial charge in [-0.2, -0.15) is 5.10 Å². The maximum absolute atomic E-state index is 12.5. The average molecular weight is 350 g/mol. The summed E-state index contributed by atoms with van der Waals surface area (Å²) in [7, 11) is 1.29.